The van der Waals surface area contributed by atoms with Crippen LogP contribution >= 0.6 is 0 Å². The molecule has 0 radical (unpaired) electrons. The van der Waals surface area contributed by atoms with Crippen LogP contribution in [0.4, 0.5) is 19.0 Å². The largest absolute Gasteiger partial charge is 0.326 e. The van der Waals surface area contributed by atoms with Gasteiger partial charge in [-0.25, -0.2) is 23.1 Å². The number of nitrogens with two attached hydrogens (primary N) is 1. The molecule has 5 nitrogen and oxygen atoms in total. The van der Waals surface area contributed by atoms with Crippen LogP contribution in [0, 0.1) is 17.5 Å². The van der Waals surface area contributed by atoms with Crippen LogP contribution in [0.15, 0.2) is 54.9 Å². The van der Waals surface area contributed by atoms with Gasteiger partial charge in [-0.3, -0.25) is 9.69 Å². The van der Waals surface area contributed by atoms with Crippen molar-refractivity contribution in [3.05, 3.63) is 77.9 Å². The zero-order valence-electron chi connectivity index (χ0n) is 15.2. The average Bonchev–Trinajstić information content (AvgIpc) is 2.73. The molecule has 29 heavy (non-hydrogen) atoms. The van der Waals surface area contributed by atoms with E-state index in [2.05, 4.69) is 9.97 Å². The van der Waals surface area contributed by atoms with Crippen molar-refractivity contribution in [3.8, 4) is 11.3 Å². The standard InChI is InChI=1S/C21H17F3N4O/c22-15-8-17(24)16(23)6-13(15)14-7-21(29)28(10-18(14)25)20-9-19(26-11-27-20)12-4-2-1-3-5-12/h1-6,8-9,11,14,18H,7,10,25H2/t14-,18+/m1/s1. The molecule has 0 saturated carbocycles. The van der Waals surface area contributed by atoms with Gasteiger partial charge in [-0.2, -0.15) is 0 Å². The first kappa shape index (κ1) is 19.1. The van der Waals surface area contributed by atoms with Crippen LogP contribution in [0.3, 0.4) is 0 Å². The molecule has 0 unspecified atom stereocenters. The van der Waals surface area contributed by atoms with Gasteiger partial charge in [0, 0.05) is 42.6 Å². The Morgan fingerprint density at radius 1 is 0.966 bits per heavy atom. The van der Waals surface area contributed by atoms with E-state index < -0.39 is 29.4 Å². The number of hydrogen-bond donors (Lipinski definition) is 1. The Balaban J connectivity index is 1.61. The summed E-state index contributed by atoms with van der Waals surface area (Å²) in [6, 6.07) is 11.7. The SMILES string of the molecule is N[C@H]1CN(c2cc(-c3ccccc3)ncn2)C(=O)C[C@@H]1c1cc(F)c(F)cc1F. The summed E-state index contributed by atoms with van der Waals surface area (Å²) in [5.41, 5.74) is 7.60. The maximum atomic E-state index is 14.2. The Kier molecular flexibility index (Phi) is 5.02. The van der Waals surface area contributed by atoms with Crippen LogP contribution in [0.2, 0.25) is 0 Å². The van der Waals surface area contributed by atoms with Crippen LogP contribution in [0.5, 0.6) is 0 Å². The fourth-order valence-corrected chi connectivity index (χ4v) is 3.53. The van der Waals surface area contributed by atoms with Crippen LogP contribution in [0.1, 0.15) is 17.9 Å². The van der Waals surface area contributed by atoms with Crippen molar-refractivity contribution in [1.82, 2.24) is 9.97 Å². The minimum absolute atomic E-state index is 0.0627. The summed E-state index contributed by atoms with van der Waals surface area (Å²) >= 11 is 0. The second-order valence-electron chi connectivity index (χ2n) is 6.89. The van der Waals surface area contributed by atoms with Crippen LogP contribution in [-0.4, -0.2) is 28.5 Å². The molecule has 3 aromatic rings. The zero-order valence-corrected chi connectivity index (χ0v) is 15.2. The molecule has 2 N–H and O–H groups in total. The van der Waals surface area contributed by atoms with E-state index in [-0.39, 0.29) is 24.4 Å². The molecule has 0 aliphatic carbocycles. The lowest BCUT2D eigenvalue weighted by molar-refractivity contribution is -0.120. The lowest BCUT2D eigenvalue weighted by atomic mass is 9.85. The molecule has 1 aliphatic rings. The molecule has 2 atom stereocenters. The van der Waals surface area contributed by atoms with Gasteiger partial charge in [0.2, 0.25) is 5.91 Å². The van der Waals surface area contributed by atoms with Crippen molar-refractivity contribution >= 4 is 11.7 Å². The molecule has 1 aliphatic heterocycles. The highest BCUT2D eigenvalue weighted by Gasteiger charge is 2.36. The molecule has 1 amide bonds. The van der Waals surface area contributed by atoms with E-state index in [1.807, 2.05) is 30.3 Å². The Morgan fingerprint density at radius 3 is 2.45 bits per heavy atom. The fraction of sp³-hybridized carbons (Fsp3) is 0.190. The van der Waals surface area contributed by atoms with Crippen LogP contribution in [0.25, 0.3) is 11.3 Å². The Morgan fingerprint density at radius 2 is 1.69 bits per heavy atom. The van der Waals surface area contributed by atoms with Gasteiger partial charge in [-0.05, 0) is 11.6 Å². The summed E-state index contributed by atoms with van der Waals surface area (Å²) in [7, 11) is 0. The smallest absolute Gasteiger partial charge is 0.228 e. The summed E-state index contributed by atoms with van der Waals surface area (Å²) < 4.78 is 41.0. The van der Waals surface area contributed by atoms with E-state index in [0.29, 0.717) is 17.6 Å². The summed E-state index contributed by atoms with van der Waals surface area (Å²) in [5.74, 6) is -4.09. The number of carbonyl (C=O) groups is 1. The molecular formula is C21H17F3N4O. The number of nitrogens with zero attached hydrogens (tertiary/aromatic N) is 3. The van der Waals surface area contributed by atoms with Crippen molar-refractivity contribution in [2.45, 2.75) is 18.4 Å². The molecule has 0 bridgehead atoms. The third-order valence-corrected chi connectivity index (χ3v) is 5.04. The number of benzene rings is 2. The minimum atomic E-state index is -1.28. The van der Waals surface area contributed by atoms with Gasteiger partial charge in [0.05, 0.1) is 5.69 Å². The minimum Gasteiger partial charge on any atom is -0.326 e. The third kappa shape index (κ3) is 3.71. The predicted molar refractivity (Wildman–Crippen MR) is 101 cm³/mol. The Bertz CT molecular complexity index is 1060. The van der Waals surface area contributed by atoms with Gasteiger partial charge in [-0.1, -0.05) is 30.3 Å². The second kappa shape index (κ2) is 7.63. The Labute approximate surface area is 165 Å². The number of anilines is 1. The number of amides is 1. The molecule has 1 aromatic heterocycles. The zero-order chi connectivity index (χ0) is 20.5. The monoisotopic (exact) mass is 398 g/mol. The molecule has 4 rings (SSSR count). The van der Waals surface area contributed by atoms with Crippen LogP contribution < -0.4 is 10.6 Å². The number of carbonyl (C=O) groups excluding carboxylic acids is 1. The van der Waals surface area contributed by atoms with E-state index in [1.165, 1.54) is 11.2 Å². The first-order chi connectivity index (χ1) is 13.9. The van der Waals surface area contributed by atoms with Gasteiger partial charge in [0.1, 0.15) is 18.0 Å². The summed E-state index contributed by atoms with van der Waals surface area (Å²) in [6.45, 7) is 0.0627. The van der Waals surface area contributed by atoms with Gasteiger partial charge in [-0.15, -0.1) is 0 Å². The topological polar surface area (TPSA) is 72.1 Å². The molecule has 148 valence electrons. The molecule has 0 spiro atoms. The highest BCUT2D eigenvalue weighted by molar-refractivity contribution is 5.94. The summed E-state index contributed by atoms with van der Waals surface area (Å²) in [5, 5.41) is 0. The van der Waals surface area contributed by atoms with Crippen molar-refractivity contribution in [2.24, 2.45) is 5.73 Å². The van der Waals surface area contributed by atoms with E-state index in [4.69, 9.17) is 5.73 Å². The third-order valence-electron chi connectivity index (χ3n) is 5.04. The van der Waals surface area contributed by atoms with Crippen molar-refractivity contribution in [2.75, 3.05) is 11.4 Å². The predicted octanol–water partition coefficient (Wildman–Crippen LogP) is 3.41. The molecule has 8 heteroatoms. The highest BCUT2D eigenvalue weighted by atomic mass is 19.2. The van der Waals surface area contributed by atoms with Crippen molar-refractivity contribution in [3.63, 3.8) is 0 Å². The maximum absolute atomic E-state index is 14.2. The van der Waals surface area contributed by atoms with Gasteiger partial charge >= 0.3 is 0 Å². The molecule has 2 heterocycles. The molecule has 1 saturated heterocycles. The van der Waals surface area contributed by atoms with E-state index >= 15 is 0 Å². The average molecular weight is 398 g/mol. The highest BCUT2D eigenvalue weighted by Crippen LogP contribution is 2.33. The summed E-state index contributed by atoms with van der Waals surface area (Å²) in [6.07, 6.45) is 1.21. The number of piperidine rings is 1. The second-order valence-corrected chi connectivity index (χ2v) is 6.89. The number of hydrogen-bond acceptors (Lipinski definition) is 4. The molecular weight excluding hydrogens is 381 g/mol. The van der Waals surface area contributed by atoms with E-state index in [9.17, 15) is 18.0 Å². The fourth-order valence-electron chi connectivity index (χ4n) is 3.53. The number of aromatic nitrogens is 2. The quantitative estimate of drug-likeness (QED) is 0.687. The first-order valence-electron chi connectivity index (χ1n) is 9.02. The Hall–Kier alpha value is -3.26. The van der Waals surface area contributed by atoms with Gasteiger partial charge < -0.3 is 5.73 Å². The summed E-state index contributed by atoms with van der Waals surface area (Å²) in [4.78, 5) is 22.6. The molecule has 1 fully saturated rings. The van der Waals surface area contributed by atoms with Crippen molar-refractivity contribution < 1.29 is 18.0 Å². The first-order valence-corrected chi connectivity index (χ1v) is 9.02. The van der Waals surface area contributed by atoms with E-state index in [1.54, 1.807) is 6.07 Å². The van der Waals surface area contributed by atoms with Gasteiger partial charge in [0.25, 0.3) is 0 Å². The lowest BCUT2D eigenvalue weighted by Gasteiger charge is -2.36. The van der Waals surface area contributed by atoms with E-state index in [0.717, 1.165) is 11.6 Å². The van der Waals surface area contributed by atoms with Gasteiger partial charge in [0.15, 0.2) is 11.6 Å². The lowest BCUT2D eigenvalue weighted by Crippen LogP contribution is -2.51. The molecule has 2 aromatic carbocycles. The van der Waals surface area contributed by atoms with Crippen LogP contribution in [-0.2, 0) is 4.79 Å². The normalized spacial score (nSPS) is 19.4. The number of rotatable bonds is 3. The van der Waals surface area contributed by atoms with Crippen molar-refractivity contribution in [1.29, 1.82) is 0 Å². The number of halogens is 3. The maximum Gasteiger partial charge on any atom is 0.228 e.